The molecule has 4 rings (SSSR count). The fourth-order valence-corrected chi connectivity index (χ4v) is 2.71. The Kier molecular flexibility index (Phi) is 2.86. The zero-order chi connectivity index (χ0) is 14.1. The maximum absolute atomic E-state index is 4.64. The van der Waals surface area contributed by atoms with E-state index in [4.69, 9.17) is 0 Å². The van der Waals surface area contributed by atoms with Crippen molar-refractivity contribution in [3.63, 3.8) is 0 Å². The Morgan fingerprint density at radius 3 is 2.38 bits per heavy atom. The van der Waals surface area contributed by atoms with Crippen LogP contribution in [0, 0.1) is 0 Å². The van der Waals surface area contributed by atoms with Gasteiger partial charge in [0.15, 0.2) is 0 Å². The predicted molar refractivity (Wildman–Crippen MR) is 86.3 cm³/mol. The van der Waals surface area contributed by atoms with E-state index in [1.165, 1.54) is 11.1 Å². The van der Waals surface area contributed by atoms with Crippen molar-refractivity contribution < 1.29 is 0 Å². The maximum Gasteiger partial charge on any atom is 0.0964 e. The summed E-state index contributed by atoms with van der Waals surface area (Å²) in [6.45, 7) is 0. The molecule has 0 spiro atoms. The van der Waals surface area contributed by atoms with Crippen molar-refractivity contribution in [2.24, 2.45) is 0 Å². The van der Waals surface area contributed by atoms with Crippen LogP contribution < -0.4 is 0 Å². The van der Waals surface area contributed by atoms with Crippen LogP contribution in [0.3, 0.4) is 0 Å². The van der Waals surface area contributed by atoms with Gasteiger partial charge in [0, 0.05) is 23.2 Å². The molecule has 0 saturated carbocycles. The fourth-order valence-electron chi connectivity index (χ4n) is 2.71. The van der Waals surface area contributed by atoms with Crippen molar-refractivity contribution in [2.45, 2.75) is 6.42 Å². The predicted octanol–water partition coefficient (Wildman–Crippen LogP) is 4.37. The van der Waals surface area contributed by atoms with E-state index in [2.05, 4.69) is 58.5 Å². The molecule has 4 aromatic rings. The van der Waals surface area contributed by atoms with Crippen LogP contribution in [0.5, 0.6) is 0 Å². The molecule has 2 aromatic carbocycles. The first-order valence-corrected chi connectivity index (χ1v) is 7.06. The topological polar surface area (TPSA) is 25.8 Å². The van der Waals surface area contributed by atoms with Crippen LogP contribution in [0.1, 0.15) is 11.1 Å². The van der Waals surface area contributed by atoms with Gasteiger partial charge in [-0.15, -0.1) is 0 Å². The summed E-state index contributed by atoms with van der Waals surface area (Å²) in [5, 5.41) is 2.28. The second kappa shape index (κ2) is 4.98. The number of hydrogen-bond donors (Lipinski definition) is 0. The van der Waals surface area contributed by atoms with Gasteiger partial charge < -0.3 is 0 Å². The van der Waals surface area contributed by atoms with Crippen molar-refractivity contribution in [1.29, 1.82) is 0 Å². The second-order valence-electron chi connectivity index (χ2n) is 5.22. The standard InChI is InChI=1S/C19H14N2/c1-2-5-14(6-3-1)11-15-12-17-9-8-16-7-4-10-20-18(16)19(17)21-13-15/h1-10,12-13H,11H2. The molecule has 100 valence electrons. The Bertz CT molecular complexity index is 914. The first-order chi connectivity index (χ1) is 10.4. The van der Waals surface area contributed by atoms with Crippen LogP contribution in [0.15, 0.2) is 73.1 Å². The Morgan fingerprint density at radius 1 is 0.667 bits per heavy atom. The van der Waals surface area contributed by atoms with E-state index in [1.807, 2.05) is 24.5 Å². The Balaban J connectivity index is 1.82. The molecule has 0 fully saturated rings. The van der Waals surface area contributed by atoms with Crippen molar-refractivity contribution >= 4 is 21.8 Å². The van der Waals surface area contributed by atoms with Crippen molar-refractivity contribution in [3.8, 4) is 0 Å². The number of fused-ring (bicyclic) bond motifs is 3. The smallest absolute Gasteiger partial charge is 0.0964 e. The van der Waals surface area contributed by atoms with Gasteiger partial charge in [0.25, 0.3) is 0 Å². The second-order valence-corrected chi connectivity index (χ2v) is 5.22. The highest BCUT2D eigenvalue weighted by Crippen LogP contribution is 2.23. The lowest BCUT2D eigenvalue weighted by molar-refractivity contribution is 1.17. The van der Waals surface area contributed by atoms with E-state index in [0.717, 1.165) is 28.2 Å². The monoisotopic (exact) mass is 270 g/mol. The zero-order valence-electron chi connectivity index (χ0n) is 11.5. The zero-order valence-corrected chi connectivity index (χ0v) is 11.5. The van der Waals surface area contributed by atoms with E-state index in [9.17, 15) is 0 Å². The Morgan fingerprint density at radius 2 is 1.48 bits per heavy atom. The normalized spacial score (nSPS) is 11.0. The molecule has 0 amide bonds. The fraction of sp³-hybridized carbons (Fsp3) is 0.0526. The lowest BCUT2D eigenvalue weighted by atomic mass is 10.0. The summed E-state index contributed by atoms with van der Waals surface area (Å²) in [7, 11) is 0. The van der Waals surface area contributed by atoms with Gasteiger partial charge >= 0.3 is 0 Å². The average molecular weight is 270 g/mol. The minimum Gasteiger partial charge on any atom is -0.254 e. The number of pyridine rings is 2. The van der Waals surface area contributed by atoms with Gasteiger partial charge in [-0.1, -0.05) is 48.5 Å². The minimum atomic E-state index is 0.907. The lowest BCUT2D eigenvalue weighted by Crippen LogP contribution is -1.91. The van der Waals surface area contributed by atoms with Gasteiger partial charge in [-0.3, -0.25) is 9.97 Å². The summed E-state index contributed by atoms with van der Waals surface area (Å²) in [4.78, 5) is 9.10. The van der Waals surface area contributed by atoms with Gasteiger partial charge in [-0.05, 0) is 29.7 Å². The molecule has 2 aromatic heterocycles. The summed E-state index contributed by atoms with van der Waals surface area (Å²) < 4.78 is 0. The molecule has 0 aliphatic heterocycles. The summed E-state index contributed by atoms with van der Waals surface area (Å²) in [5.74, 6) is 0. The number of nitrogens with zero attached hydrogens (tertiary/aromatic N) is 2. The molecule has 0 saturated heterocycles. The highest BCUT2D eigenvalue weighted by Gasteiger charge is 2.04. The van der Waals surface area contributed by atoms with Crippen molar-refractivity contribution in [3.05, 3.63) is 84.2 Å². The lowest BCUT2D eigenvalue weighted by Gasteiger charge is -2.05. The van der Waals surface area contributed by atoms with Gasteiger partial charge in [0.05, 0.1) is 11.0 Å². The number of benzene rings is 2. The summed E-state index contributed by atoms with van der Waals surface area (Å²) in [6, 6.07) is 20.9. The van der Waals surface area contributed by atoms with Crippen LogP contribution in [-0.2, 0) is 6.42 Å². The molecule has 0 bridgehead atoms. The van der Waals surface area contributed by atoms with E-state index >= 15 is 0 Å². The van der Waals surface area contributed by atoms with Gasteiger partial charge in [-0.2, -0.15) is 0 Å². The molecule has 0 aliphatic carbocycles. The molecule has 2 nitrogen and oxygen atoms in total. The molecular weight excluding hydrogens is 256 g/mol. The largest absolute Gasteiger partial charge is 0.254 e. The highest BCUT2D eigenvalue weighted by molar-refractivity contribution is 6.02. The van der Waals surface area contributed by atoms with Crippen LogP contribution in [-0.4, -0.2) is 9.97 Å². The van der Waals surface area contributed by atoms with Crippen LogP contribution in [0.2, 0.25) is 0 Å². The Labute approximate surface area is 123 Å². The van der Waals surface area contributed by atoms with E-state index < -0.39 is 0 Å². The quantitative estimate of drug-likeness (QED) is 0.505. The average Bonchev–Trinajstić information content (AvgIpc) is 2.55. The molecule has 21 heavy (non-hydrogen) atoms. The molecule has 0 radical (unpaired) electrons. The summed E-state index contributed by atoms with van der Waals surface area (Å²) in [6.07, 6.45) is 4.69. The Hall–Kier alpha value is -2.74. The minimum absolute atomic E-state index is 0.907. The van der Waals surface area contributed by atoms with Gasteiger partial charge in [-0.25, -0.2) is 0 Å². The molecule has 0 aliphatic rings. The maximum atomic E-state index is 4.64. The number of rotatable bonds is 2. The molecule has 0 N–H and O–H groups in total. The summed E-state index contributed by atoms with van der Waals surface area (Å²) >= 11 is 0. The highest BCUT2D eigenvalue weighted by atomic mass is 14.7. The molecule has 0 unspecified atom stereocenters. The molecule has 2 heterocycles. The van der Waals surface area contributed by atoms with Crippen LogP contribution in [0.4, 0.5) is 0 Å². The SMILES string of the molecule is c1ccc(Cc2cnc3c(ccc4cccnc43)c2)cc1. The van der Waals surface area contributed by atoms with Crippen LogP contribution >= 0.6 is 0 Å². The van der Waals surface area contributed by atoms with Crippen molar-refractivity contribution in [1.82, 2.24) is 9.97 Å². The molecular formula is C19H14N2. The number of aromatic nitrogens is 2. The van der Waals surface area contributed by atoms with Crippen LogP contribution in [0.25, 0.3) is 21.8 Å². The van der Waals surface area contributed by atoms with Crippen molar-refractivity contribution in [2.75, 3.05) is 0 Å². The van der Waals surface area contributed by atoms with E-state index in [-0.39, 0.29) is 0 Å². The third-order valence-corrected chi connectivity index (χ3v) is 3.73. The van der Waals surface area contributed by atoms with Gasteiger partial charge in [0.1, 0.15) is 0 Å². The first-order valence-electron chi connectivity index (χ1n) is 7.06. The molecule has 0 atom stereocenters. The number of hydrogen-bond acceptors (Lipinski definition) is 2. The van der Waals surface area contributed by atoms with E-state index in [1.54, 1.807) is 0 Å². The third-order valence-electron chi connectivity index (χ3n) is 3.73. The van der Waals surface area contributed by atoms with Gasteiger partial charge in [0.2, 0.25) is 0 Å². The summed E-state index contributed by atoms with van der Waals surface area (Å²) in [5.41, 5.74) is 4.48. The molecule has 2 heteroatoms. The third kappa shape index (κ3) is 2.25. The first kappa shape index (κ1) is 12.0. The van der Waals surface area contributed by atoms with E-state index in [0.29, 0.717) is 0 Å².